The third-order valence-electron chi connectivity index (χ3n) is 4.33. The van der Waals surface area contributed by atoms with Crippen molar-refractivity contribution in [2.24, 2.45) is 5.41 Å². The second kappa shape index (κ2) is 5.40. The lowest BCUT2D eigenvalue weighted by molar-refractivity contribution is -0.146. The summed E-state index contributed by atoms with van der Waals surface area (Å²) >= 11 is 3.50. The molecule has 0 radical (unpaired) electrons. The molecular weight excluding hydrogens is 320 g/mol. The number of benzene rings is 1. The monoisotopic (exact) mass is 340 g/mol. The normalized spacial score (nSPS) is 15.0. The van der Waals surface area contributed by atoms with Gasteiger partial charge in [0.1, 0.15) is 5.75 Å². The zero-order valence-corrected chi connectivity index (χ0v) is 13.8. The van der Waals surface area contributed by atoms with Crippen molar-refractivity contribution in [1.29, 1.82) is 0 Å². The van der Waals surface area contributed by atoms with E-state index in [4.69, 9.17) is 0 Å². The molecule has 0 aliphatic heterocycles. The Morgan fingerprint density at radius 1 is 1.25 bits per heavy atom. The topological polar surface area (TPSA) is 57.5 Å². The van der Waals surface area contributed by atoms with E-state index < -0.39 is 11.4 Å². The predicted molar refractivity (Wildman–Crippen MR) is 82.3 cm³/mol. The summed E-state index contributed by atoms with van der Waals surface area (Å²) in [6.45, 7) is 5.40. The van der Waals surface area contributed by atoms with Crippen LogP contribution in [0.3, 0.4) is 0 Å². The molecule has 3 nitrogen and oxygen atoms in total. The summed E-state index contributed by atoms with van der Waals surface area (Å²) in [5.41, 5.74) is 3.44. The molecule has 0 aromatic heterocycles. The molecule has 20 heavy (non-hydrogen) atoms. The number of carboxylic acid groups (broad SMARTS) is 1. The molecule has 1 aliphatic rings. The number of hydrogen-bond donors (Lipinski definition) is 2. The van der Waals surface area contributed by atoms with Gasteiger partial charge in [-0.3, -0.25) is 4.79 Å². The largest absolute Gasteiger partial charge is 0.506 e. The lowest BCUT2D eigenvalue weighted by Gasteiger charge is -2.27. The molecule has 0 saturated carbocycles. The summed E-state index contributed by atoms with van der Waals surface area (Å²) < 4.78 is 0.758. The van der Waals surface area contributed by atoms with Crippen LogP contribution < -0.4 is 0 Å². The van der Waals surface area contributed by atoms with Crippen molar-refractivity contribution in [3.63, 3.8) is 0 Å². The molecule has 1 aliphatic carbocycles. The predicted octanol–water partition coefficient (Wildman–Crippen LogP) is 4.00. The molecular formula is C16H21BrO3. The molecule has 0 spiro atoms. The summed E-state index contributed by atoms with van der Waals surface area (Å²) in [6, 6.07) is 0. The van der Waals surface area contributed by atoms with Gasteiger partial charge in [0.2, 0.25) is 0 Å². The van der Waals surface area contributed by atoms with Gasteiger partial charge in [-0.05, 0) is 91.1 Å². The zero-order valence-electron chi connectivity index (χ0n) is 12.2. The van der Waals surface area contributed by atoms with Gasteiger partial charge in [0.15, 0.2) is 0 Å². The fraction of sp³-hybridized carbons (Fsp3) is 0.562. The van der Waals surface area contributed by atoms with Crippen LogP contribution in [0.4, 0.5) is 0 Å². The first-order valence-corrected chi connectivity index (χ1v) is 7.80. The van der Waals surface area contributed by atoms with Crippen LogP contribution in [0, 0.1) is 12.3 Å². The Kier molecular flexibility index (Phi) is 4.14. The van der Waals surface area contributed by atoms with E-state index in [2.05, 4.69) is 15.9 Å². The highest BCUT2D eigenvalue weighted by Crippen LogP contribution is 2.42. The number of phenols is 1. The van der Waals surface area contributed by atoms with Crippen molar-refractivity contribution in [2.45, 2.75) is 52.9 Å². The van der Waals surface area contributed by atoms with Gasteiger partial charge in [-0.2, -0.15) is 0 Å². The van der Waals surface area contributed by atoms with Crippen LogP contribution in [0.1, 0.15) is 48.9 Å². The highest BCUT2D eigenvalue weighted by Gasteiger charge is 2.31. The Morgan fingerprint density at radius 3 is 2.35 bits per heavy atom. The molecule has 0 heterocycles. The summed E-state index contributed by atoms with van der Waals surface area (Å²) in [5.74, 6) is -0.623. The van der Waals surface area contributed by atoms with Crippen molar-refractivity contribution >= 4 is 21.9 Å². The lowest BCUT2D eigenvalue weighted by Crippen LogP contribution is -2.27. The molecule has 0 unspecified atom stereocenters. The van der Waals surface area contributed by atoms with Crippen LogP contribution in [-0.2, 0) is 24.1 Å². The van der Waals surface area contributed by atoms with Gasteiger partial charge in [0, 0.05) is 0 Å². The first kappa shape index (κ1) is 15.4. The first-order chi connectivity index (χ1) is 9.25. The van der Waals surface area contributed by atoms with Crippen LogP contribution in [0.25, 0.3) is 0 Å². The molecule has 110 valence electrons. The number of carboxylic acids is 1. The highest BCUT2D eigenvalue weighted by atomic mass is 79.9. The van der Waals surface area contributed by atoms with Crippen molar-refractivity contribution in [1.82, 2.24) is 0 Å². The van der Waals surface area contributed by atoms with E-state index in [1.54, 1.807) is 13.8 Å². The standard InChI is InChI=1S/C16H21BrO3/c1-9-10-6-4-5-7-11(10)13(17)14(18)12(9)8-16(2,3)15(19)20/h18H,4-8H2,1-3H3,(H,19,20). The molecule has 2 N–H and O–H groups in total. The van der Waals surface area contributed by atoms with E-state index in [9.17, 15) is 15.0 Å². The second-order valence-corrected chi connectivity index (χ2v) is 7.09. The number of carbonyl (C=O) groups is 1. The zero-order chi connectivity index (χ0) is 15.1. The Balaban J connectivity index is 2.54. The molecule has 1 aromatic carbocycles. The minimum atomic E-state index is -0.884. The Hall–Kier alpha value is -1.03. The molecule has 0 saturated heterocycles. The van der Waals surface area contributed by atoms with E-state index in [0.717, 1.165) is 41.3 Å². The van der Waals surface area contributed by atoms with Crippen LogP contribution in [-0.4, -0.2) is 16.2 Å². The summed E-state index contributed by atoms with van der Waals surface area (Å²) in [7, 11) is 0. The van der Waals surface area contributed by atoms with Gasteiger partial charge < -0.3 is 10.2 Å². The highest BCUT2D eigenvalue weighted by molar-refractivity contribution is 9.10. The third-order valence-corrected chi connectivity index (χ3v) is 5.18. The van der Waals surface area contributed by atoms with Gasteiger partial charge in [-0.15, -0.1) is 0 Å². The minimum absolute atomic E-state index is 0.220. The molecule has 0 bridgehead atoms. The smallest absolute Gasteiger partial charge is 0.309 e. The lowest BCUT2D eigenvalue weighted by atomic mass is 9.80. The van der Waals surface area contributed by atoms with Crippen LogP contribution in [0.5, 0.6) is 5.75 Å². The first-order valence-electron chi connectivity index (χ1n) is 7.00. The fourth-order valence-corrected chi connectivity index (χ4v) is 3.61. The SMILES string of the molecule is Cc1c(CC(C)(C)C(=O)O)c(O)c(Br)c2c1CCCC2. The molecule has 0 atom stereocenters. The molecule has 0 fully saturated rings. The average Bonchev–Trinajstić information content (AvgIpc) is 2.41. The van der Waals surface area contributed by atoms with Crippen molar-refractivity contribution in [3.8, 4) is 5.75 Å². The minimum Gasteiger partial charge on any atom is -0.506 e. The molecule has 4 heteroatoms. The van der Waals surface area contributed by atoms with Crippen molar-refractivity contribution in [3.05, 3.63) is 26.7 Å². The van der Waals surface area contributed by atoms with Crippen LogP contribution >= 0.6 is 15.9 Å². The van der Waals surface area contributed by atoms with Gasteiger partial charge in [-0.25, -0.2) is 0 Å². The summed E-state index contributed by atoms with van der Waals surface area (Å²) in [5, 5.41) is 19.7. The number of aromatic hydroxyl groups is 1. The van der Waals surface area contributed by atoms with E-state index in [1.165, 1.54) is 11.1 Å². The van der Waals surface area contributed by atoms with Gasteiger partial charge in [0.05, 0.1) is 9.89 Å². The Morgan fingerprint density at radius 2 is 1.80 bits per heavy atom. The van der Waals surface area contributed by atoms with Crippen LogP contribution in [0.2, 0.25) is 0 Å². The average molecular weight is 341 g/mol. The number of hydrogen-bond acceptors (Lipinski definition) is 2. The number of halogens is 1. The van der Waals surface area contributed by atoms with Crippen molar-refractivity contribution in [2.75, 3.05) is 0 Å². The Labute approximate surface area is 128 Å². The van der Waals surface area contributed by atoms with Gasteiger partial charge in [0.25, 0.3) is 0 Å². The van der Waals surface area contributed by atoms with E-state index in [1.807, 2.05) is 6.92 Å². The van der Waals surface area contributed by atoms with Gasteiger partial charge >= 0.3 is 5.97 Å². The maximum Gasteiger partial charge on any atom is 0.309 e. The van der Waals surface area contributed by atoms with E-state index in [0.29, 0.717) is 6.42 Å². The van der Waals surface area contributed by atoms with E-state index >= 15 is 0 Å². The molecule has 0 amide bonds. The summed E-state index contributed by atoms with van der Waals surface area (Å²) in [6.07, 6.45) is 4.64. The third kappa shape index (κ3) is 2.58. The number of rotatable bonds is 3. The second-order valence-electron chi connectivity index (χ2n) is 6.30. The maximum atomic E-state index is 11.3. The number of aliphatic carboxylic acids is 1. The fourth-order valence-electron chi connectivity index (χ4n) is 2.93. The quantitative estimate of drug-likeness (QED) is 0.874. The Bertz CT molecular complexity index is 562. The molecule has 1 aromatic rings. The number of fused-ring (bicyclic) bond motifs is 1. The maximum absolute atomic E-state index is 11.3. The number of phenolic OH excluding ortho intramolecular Hbond substituents is 1. The summed E-state index contributed by atoms with van der Waals surface area (Å²) in [4.78, 5) is 11.3. The van der Waals surface area contributed by atoms with E-state index in [-0.39, 0.29) is 5.75 Å². The molecule has 2 rings (SSSR count). The van der Waals surface area contributed by atoms with Gasteiger partial charge in [-0.1, -0.05) is 0 Å². The van der Waals surface area contributed by atoms with Crippen molar-refractivity contribution < 1.29 is 15.0 Å². The van der Waals surface area contributed by atoms with Crippen LogP contribution in [0.15, 0.2) is 4.47 Å².